The summed E-state index contributed by atoms with van der Waals surface area (Å²) in [5.74, 6) is -0.147. The van der Waals surface area contributed by atoms with Gasteiger partial charge in [-0.1, -0.05) is 23.4 Å². The van der Waals surface area contributed by atoms with Crippen LogP contribution in [-0.2, 0) is 27.7 Å². The number of nitrogens with zero attached hydrogens (tertiary/aromatic N) is 1. The van der Waals surface area contributed by atoms with Crippen molar-refractivity contribution < 1.29 is 17.7 Å². The maximum atomic E-state index is 12.2. The maximum absolute atomic E-state index is 12.2. The van der Waals surface area contributed by atoms with Gasteiger partial charge >= 0.3 is 0 Å². The highest BCUT2D eigenvalue weighted by molar-refractivity contribution is 7.89. The van der Waals surface area contributed by atoms with Gasteiger partial charge in [-0.25, -0.2) is 13.6 Å². The number of rotatable bonds is 6. The number of carbonyl (C=O) groups is 1. The fraction of sp³-hybridized carbons (Fsp3) is 0.263. The van der Waals surface area contributed by atoms with E-state index in [2.05, 4.69) is 10.5 Å². The third-order valence-corrected chi connectivity index (χ3v) is 5.23. The summed E-state index contributed by atoms with van der Waals surface area (Å²) >= 11 is 0. The molecule has 1 heterocycles. The fourth-order valence-corrected chi connectivity index (χ4v) is 3.56. The lowest BCUT2D eigenvalue weighted by atomic mass is 10.0. The highest BCUT2D eigenvalue weighted by Gasteiger charge is 2.14. The number of primary sulfonamides is 1. The second-order valence-electron chi connectivity index (χ2n) is 6.55. The van der Waals surface area contributed by atoms with Crippen LogP contribution in [0.1, 0.15) is 22.4 Å². The minimum Gasteiger partial charge on any atom is -0.356 e. The molecule has 1 amide bonds. The number of aryl methyl sites for hydroxylation is 2. The monoisotopic (exact) mass is 387 g/mol. The van der Waals surface area contributed by atoms with Crippen LogP contribution in [0.15, 0.2) is 45.8 Å². The van der Waals surface area contributed by atoms with Crippen LogP contribution in [0.25, 0.3) is 11.0 Å². The lowest BCUT2D eigenvalue weighted by molar-refractivity contribution is -0.120. The molecule has 3 N–H and O–H groups in total. The van der Waals surface area contributed by atoms with Gasteiger partial charge in [0, 0.05) is 11.9 Å². The van der Waals surface area contributed by atoms with Gasteiger partial charge in [0.25, 0.3) is 0 Å². The van der Waals surface area contributed by atoms with Gasteiger partial charge in [0.15, 0.2) is 5.58 Å². The van der Waals surface area contributed by atoms with Crippen molar-refractivity contribution >= 4 is 26.9 Å². The van der Waals surface area contributed by atoms with Gasteiger partial charge in [0.2, 0.25) is 15.9 Å². The summed E-state index contributed by atoms with van der Waals surface area (Å²) in [6, 6.07) is 10.2. The van der Waals surface area contributed by atoms with Crippen molar-refractivity contribution in [2.24, 2.45) is 5.14 Å². The van der Waals surface area contributed by atoms with Gasteiger partial charge in [-0.2, -0.15) is 0 Å². The van der Waals surface area contributed by atoms with E-state index in [4.69, 9.17) is 9.66 Å². The van der Waals surface area contributed by atoms with E-state index in [1.807, 2.05) is 26.0 Å². The predicted molar refractivity (Wildman–Crippen MR) is 102 cm³/mol. The zero-order chi connectivity index (χ0) is 19.6. The highest BCUT2D eigenvalue weighted by Crippen LogP contribution is 2.24. The average Bonchev–Trinajstić information content (AvgIpc) is 2.97. The molecule has 0 aliphatic carbocycles. The van der Waals surface area contributed by atoms with E-state index in [0.29, 0.717) is 24.2 Å². The van der Waals surface area contributed by atoms with E-state index in [1.165, 1.54) is 12.1 Å². The molecule has 0 bridgehead atoms. The van der Waals surface area contributed by atoms with E-state index >= 15 is 0 Å². The molecule has 0 saturated heterocycles. The Morgan fingerprint density at radius 2 is 1.89 bits per heavy atom. The van der Waals surface area contributed by atoms with Crippen molar-refractivity contribution in [3.63, 3.8) is 0 Å². The zero-order valence-corrected chi connectivity index (χ0v) is 16.0. The molecule has 0 spiro atoms. The molecule has 7 nitrogen and oxygen atoms in total. The Labute approximate surface area is 157 Å². The number of benzene rings is 2. The molecule has 142 valence electrons. The highest BCUT2D eigenvalue weighted by atomic mass is 32.2. The molecule has 27 heavy (non-hydrogen) atoms. The van der Waals surface area contributed by atoms with Crippen molar-refractivity contribution in [2.45, 2.75) is 31.6 Å². The molecule has 0 aliphatic heterocycles. The lowest BCUT2D eigenvalue weighted by Gasteiger charge is -2.06. The smallest absolute Gasteiger partial charge is 0.238 e. The molecule has 8 heteroatoms. The first-order chi connectivity index (χ1) is 12.7. The Kier molecular flexibility index (Phi) is 5.29. The molecule has 0 radical (unpaired) electrons. The quantitative estimate of drug-likeness (QED) is 0.671. The van der Waals surface area contributed by atoms with Crippen LogP contribution in [0.2, 0.25) is 0 Å². The van der Waals surface area contributed by atoms with Gasteiger partial charge in [0.05, 0.1) is 11.3 Å². The first-order valence-corrected chi connectivity index (χ1v) is 10.0. The van der Waals surface area contributed by atoms with E-state index in [1.54, 1.807) is 12.1 Å². The number of sulfonamides is 1. The number of aromatic nitrogens is 1. The van der Waals surface area contributed by atoms with Crippen molar-refractivity contribution in [1.29, 1.82) is 0 Å². The van der Waals surface area contributed by atoms with Gasteiger partial charge in [0.1, 0.15) is 5.69 Å². The molecule has 1 aromatic heterocycles. The summed E-state index contributed by atoms with van der Waals surface area (Å²) in [5, 5.41) is 12.8. The SMILES string of the molecule is Cc1cc(C)c2c(CC(=O)NCCc3ccc(S(N)(=O)=O)cc3)noc2c1. The summed E-state index contributed by atoms with van der Waals surface area (Å²) in [5.41, 5.74) is 4.33. The number of nitrogens with one attached hydrogen (secondary N) is 1. The van der Waals surface area contributed by atoms with E-state index in [0.717, 1.165) is 22.1 Å². The Balaban J connectivity index is 1.58. The predicted octanol–water partition coefficient (Wildman–Crippen LogP) is 1.99. The summed E-state index contributed by atoms with van der Waals surface area (Å²) in [4.78, 5) is 12.3. The van der Waals surface area contributed by atoms with Gasteiger partial charge < -0.3 is 9.84 Å². The largest absolute Gasteiger partial charge is 0.356 e. The molecule has 3 rings (SSSR count). The molecular weight excluding hydrogens is 366 g/mol. The van der Waals surface area contributed by atoms with E-state index < -0.39 is 10.0 Å². The number of hydrogen-bond acceptors (Lipinski definition) is 5. The maximum Gasteiger partial charge on any atom is 0.238 e. The van der Waals surface area contributed by atoms with Crippen molar-refractivity contribution in [3.8, 4) is 0 Å². The van der Waals surface area contributed by atoms with Crippen LogP contribution in [0, 0.1) is 13.8 Å². The van der Waals surface area contributed by atoms with Crippen LogP contribution >= 0.6 is 0 Å². The third-order valence-electron chi connectivity index (χ3n) is 4.30. The molecule has 0 aliphatic rings. The lowest BCUT2D eigenvalue weighted by Crippen LogP contribution is -2.27. The standard InChI is InChI=1S/C19H21N3O4S/c1-12-9-13(2)19-16(22-26-17(19)10-12)11-18(23)21-8-7-14-3-5-15(6-4-14)27(20,24)25/h3-6,9-10H,7-8,11H2,1-2H3,(H,21,23)(H2,20,24,25). The fourth-order valence-electron chi connectivity index (χ4n) is 3.05. The minimum atomic E-state index is -3.69. The van der Waals surface area contributed by atoms with Gasteiger partial charge in [-0.3, -0.25) is 4.79 Å². The Morgan fingerprint density at radius 3 is 2.56 bits per heavy atom. The number of hydrogen-bond donors (Lipinski definition) is 2. The number of carbonyl (C=O) groups excluding carboxylic acids is 1. The summed E-state index contributed by atoms with van der Waals surface area (Å²) in [6.07, 6.45) is 0.718. The molecular formula is C19H21N3O4S. The zero-order valence-electron chi connectivity index (χ0n) is 15.2. The Bertz CT molecular complexity index is 1090. The number of fused-ring (bicyclic) bond motifs is 1. The van der Waals surface area contributed by atoms with Crippen molar-refractivity contribution in [1.82, 2.24) is 10.5 Å². The topological polar surface area (TPSA) is 115 Å². The molecule has 0 atom stereocenters. The second-order valence-corrected chi connectivity index (χ2v) is 8.11. The van der Waals surface area contributed by atoms with Crippen LogP contribution < -0.4 is 10.5 Å². The van der Waals surface area contributed by atoms with Crippen LogP contribution in [0.3, 0.4) is 0 Å². The van der Waals surface area contributed by atoms with Crippen molar-refractivity contribution in [3.05, 3.63) is 58.8 Å². The van der Waals surface area contributed by atoms with Gasteiger partial charge in [-0.05, 0) is 55.2 Å². The molecule has 0 fully saturated rings. The second kappa shape index (κ2) is 7.50. The van der Waals surface area contributed by atoms with Crippen LogP contribution in [0.4, 0.5) is 0 Å². The third kappa shape index (κ3) is 4.53. The summed E-state index contributed by atoms with van der Waals surface area (Å²) in [7, 11) is -3.69. The van der Waals surface area contributed by atoms with Crippen LogP contribution in [-0.4, -0.2) is 26.0 Å². The normalized spacial score (nSPS) is 11.7. The first kappa shape index (κ1) is 19.1. The van der Waals surface area contributed by atoms with Crippen molar-refractivity contribution in [2.75, 3.05) is 6.54 Å². The Hall–Kier alpha value is -2.71. The summed E-state index contributed by atoms with van der Waals surface area (Å²) in [6.45, 7) is 4.39. The van der Waals surface area contributed by atoms with Gasteiger partial charge in [-0.15, -0.1) is 0 Å². The molecule has 0 unspecified atom stereocenters. The number of amides is 1. The Morgan fingerprint density at radius 1 is 1.19 bits per heavy atom. The average molecular weight is 387 g/mol. The molecule has 0 saturated carbocycles. The molecule has 3 aromatic rings. The van der Waals surface area contributed by atoms with Crippen LogP contribution in [0.5, 0.6) is 0 Å². The number of nitrogens with two attached hydrogens (primary N) is 1. The first-order valence-electron chi connectivity index (χ1n) is 8.48. The minimum absolute atomic E-state index is 0.0683. The summed E-state index contributed by atoms with van der Waals surface area (Å²) < 4.78 is 27.8. The van der Waals surface area contributed by atoms with E-state index in [9.17, 15) is 13.2 Å². The van der Waals surface area contributed by atoms with E-state index in [-0.39, 0.29) is 17.2 Å². The molecule has 2 aromatic carbocycles.